The number of methoxy groups -OCH3 is 1. The second-order valence-electron chi connectivity index (χ2n) is 6.45. The zero-order chi connectivity index (χ0) is 19.1. The lowest BCUT2D eigenvalue weighted by molar-refractivity contribution is 0.0951. The van der Waals surface area contributed by atoms with Crippen molar-refractivity contribution in [2.45, 2.75) is 26.2 Å². The Hall–Kier alpha value is -2.90. The molecular weight excluding hydrogens is 344 g/mol. The number of rotatable bonds is 7. The molecule has 144 valence electrons. The lowest BCUT2D eigenvalue weighted by Crippen LogP contribution is -2.31. The van der Waals surface area contributed by atoms with E-state index in [1.54, 1.807) is 18.3 Å². The van der Waals surface area contributed by atoms with Gasteiger partial charge in [0, 0.05) is 38.4 Å². The van der Waals surface area contributed by atoms with Crippen LogP contribution in [0.5, 0.6) is 5.88 Å². The van der Waals surface area contributed by atoms with Gasteiger partial charge in [0.1, 0.15) is 23.0 Å². The number of pyridine rings is 1. The number of carbonyl (C=O) groups excluding carboxylic acids is 1. The maximum atomic E-state index is 12.3. The normalized spacial score (nSPS) is 13.9. The molecule has 0 bridgehead atoms. The number of aromatic nitrogens is 3. The highest BCUT2D eigenvalue weighted by Gasteiger charge is 2.14. The van der Waals surface area contributed by atoms with Crippen LogP contribution in [0.3, 0.4) is 0 Å². The fourth-order valence-corrected chi connectivity index (χ4v) is 3.12. The molecule has 0 saturated carbocycles. The van der Waals surface area contributed by atoms with Gasteiger partial charge < -0.3 is 20.3 Å². The molecule has 1 amide bonds. The zero-order valence-electron chi connectivity index (χ0n) is 15.9. The lowest BCUT2D eigenvalue weighted by atomic mass is 10.1. The number of hydrogen-bond donors (Lipinski definition) is 2. The molecule has 1 aliphatic rings. The van der Waals surface area contributed by atoms with Gasteiger partial charge in [-0.25, -0.2) is 15.0 Å². The van der Waals surface area contributed by atoms with Gasteiger partial charge in [0.25, 0.3) is 5.91 Å². The van der Waals surface area contributed by atoms with Crippen LogP contribution in [0.2, 0.25) is 0 Å². The molecular formula is C19H26N6O2. The standard InChI is InChI=1S/C19H26N6O2/c1-14-23-16(13-17(24-14)25-11-4-3-5-12-25)20-9-10-21-18(26)15-7-6-8-22-19(15)27-2/h6-8,13H,3-5,9-12H2,1-2H3,(H,21,26)(H,20,23,24). The summed E-state index contributed by atoms with van der Waals surface area (Å²) < 4.78 is 5.12. The van der Waals surface area contributed by atoms with Gasteiger partial charge in [0.2, 0.25) is 5.88 Å². The molecule has 8 heteroatoms. The second-order valence-corrected chi connectivity index (χ2v) is 6.45. The Kier molecular flexibility index (Phi) is 6.40. The summed E-state index contributed by atoms with van der Waals surface area (Å²) in [5.74, 6) is 2.59. The van der Waals surface area contributed by atoms with Crippen LogP contribution in [0.4, 0.5) is 11.6 Å². The van der Waals surface area contributed by atoms with Crippen molar-refractivity contribution in [3.05, 3.63) is 35.8 Å². The van der Waals surface area contributed by atoms with Gasteiger partial charge in [-0.05, 0) is 38.3 Å². The molecule has 0 aromatic carbocycles. The van der Waals surface area contributed by atoms with E-state index in [2.05, 4.69) is 30.5 Å². The Morgan fingerprint density at radius 2 is 2.04 bits per heavy atom. The van der Waals surface area contributed by atoms with Crippen molar-refractivity contribution in [1.82, 2.24) is 20.3 Å². The highest BCUT2D eigenvalue weighted by molar-refractivity contribution is 5.96. The van der Waals surface area contributed by atoms with Crippen molar-refractivity contribution in [2.75, 3.05) is 43.5 Å². The first kappa shape index (κ1) is 18.9. The third-order valence-electron chi connectivity index (χ3n) is 4.43. The number of aryl methyl sites for hydroxylation is 1. The molecule has 3 heterocycles. The first-order valence-corrected chi connectivity index (χ1v) is 9.29. The van der Waals surface area contributed by atoms with Crippen molar-refractivity contribution in [1.29, 1.82) is 0 Å². The summed E-state index contributed by atoms with van der Waals surface area (Å²) in [6.45, 7) is 5.00. The van der Waals surface area contributed by atoms with E-state index in [1.807, 2.05) is 13.0 Å². The van der Waals surface area contributed by atoms with E-state index in [4.69, 9.17) is 4.74 Å². The third-order valence-corrected chi connectivity index (χ3v) is 4.43. The summed E-state index contributed by atoms with van der Waals surface area (Å²) in [6.07, 6.45) is 5.28. The average molecular weight is 370 g/mol. The van der Waals surface area contributed by atoms with E-state index >= 15 is 0 Å². The Balaban J connectivity index is 1.53. The quantitative estimate of drug-likeness (QED) is 0.720. The van der Waals surface area contributed by atoms with Crippen molar-refractivity contribution >= 4 is 17.5 Å². The summed E-state index contributed by atoms with van der Waals surface area (Å²) in [6, 6.07) is 5.37. The minimum absolute atomic E-state index is 0.213. The van der Waals surface area contributed by atoms with Gasteiger partial charge >= 0.3 is 0 Å². The van der Waals surface area contributed by atoms with E-state index < -0.39 is 0 Å². The number of nitrogens with zero attached hydrogens (tertiary/aromatic N) is 4. The van der Waals surface area contributed by atoms with E-state index in [1.165, 1.54) is 26.4 Å². The topological polar surface area (TPSA) is 92.3 Å². The first-order chi connectivity index (χ1) is 13.2. The van der Waals surface area contributed by atoms with Crippen LogP contribution in [0.25, 0.3) is 0 Å². The van der Waals surface area contributed by atoms with Crippen LogP contribution < -0.4 is 20.3 Å². The number of piperidine rings is 1. The van der Waals surface area contributed by atoms with Crippen molar-refractivity contribution in [2.24, 2.45) is 0 Å². The van der Waals surface area contributed by atoms with Gasteiger partial charge in [-0.15, -0.1) is 0 Å². The SMILES string of the molecule is COc1ncccc1C(=O)NCCNc1cc(N2CCCCC2)nc(C)n1. The maximum absolute atomic E-state index is 12.3. The molecule has 0 aliphatic carbocycles. The Labute approximate surface area is 159 Å². The van der Waals surface area contributed by atoms with E-state index in [-0.39, 0.29) is 5.91 Å². The molecule has 3 rings (SSSR count). The van der Waals surface area contributed by atoms with Crippen LogP contribution in [0.1, 0.15) is 35.4 Å². The second kappa shape index (κ2) is 9.16. The number of nitrogens with one attached hydrogen (secondary N) is 2. The molecule has 0 spiro atoms. The summed E-state index contributed by atoms with van der Waals surface area (Å²) in [4.78, 5) is 27.6. The molecule has 1 aliphatic heterocycles. The minimum Gasteiger partial charge on any atom is -0.480 e. The van der Waals surface area contributed by atoms with Gasteiger partial charge in [-0.1, -0.05) is 0 Å². The van der Waals surface area contributed by atoms with Crippen molar-refractivity contribution in [3.8, 4) is 5.88 Å². The smallest absolute Gasteiger partial charge is 0.256 e. The molecule has 27 heavy (non-hydrogen) atoms. The average Bonchev–Trinajstić information content (AvgIpc) is 2.71. The highest BCUT2D eigenvalue weighted by Crippen LogP contribution is 2.20. The lowest BCUT2D eigenvalue weighted by Gasteiger charge is -2.28. The molecule has 1 saturated heterocycles. The minimum atomic E-state index is -0.213. The predicted octanol–water partition coefficient (Wildman–Crippen LogP) is 2.02. The number of anilines is 2. The fraction of sp³-hybridized carbons (Fsp3) is 0.474. The van der Waals surface area contributed by atoms with Gasteiger partial charge in [0.15, 0.2) is 0 Å². The Bertz CT molecular complexity index is 777. The maximum Gasteiger partial charge on any atom is 0.256 e. The number of amides is 1. The summed E-state index contributed by atoms with van der Waals surface area (Å²) in [5.41, 5.74) is 0.422. The largest absolute Gasteiger partial charge is 0.480 e. The van der Waals surface area contributed by atoms with E-state index in [9.17, 15) is 4.79 Å². The third kappa shape index (κ3) is 5.06. The number of hydrogen-bond acceptors (Lipinski definition) is 7. The first-order valence-electron chi connectivity index (χ1n) is 9.29. The fourth-order valence-electron chi connectivity index (χ4n) is 3.12. The van der Waals surface area contributed by atoms with Crippen LogP contribution in [0.15, 0.2) is 24.4 Å². The summed E-state index contributed by atoms with van der Waals surface area (Å²) in [5, 5.41) is 6.12. The molecule has 2 aromatic rings. The van der Waals surface area contributed by atoms with Crippen molar-refractivity contribution in [3.63, 3.8) is 0 Å². The summed E-state index contributed by atoms with van der Waals surface area (Å²) in [7, 11) is 1.50. The molecule has 2 aromatic heterocycles. The van der Waals surface area contributed by atoms with Crippen LogP contribution in [0, 0.1) is 6.92 Å². The van der Waals surface area contributed by atoms with E-state index in [0.717, 1.165) is 30.5 Å². The Morgan fingerprint density at radius 3 is 2.81 bits per heavy atom. The predicted molar refractivity (Wildman–Crippen MR) is 104 cm³/mol. The molecule has 1 fully saturated rings. The summed E-state index contributed by atoms with van der Waals surface area (Å²) >= 11 is 0. The van der Waals surface area contributed by atoms with Gasteiger partial charge in [-0.3, -0.25) is 4.79 Å². The van der Waals surface area contributed by atoms with Crippen molar-refractivity contribution < 1.29 is 9.53 Å². The molecule has 2 N–H and O–H groups in total. The number of carbonyl (C=O) groups is 1. The Morgan fingerprint density at radius 1 is 1.22 bits per heavy atom. The van der Waals surface area contributed by atoms with Crippen LogP contribution >= 0.6 is 0 Å². The van der Waals surface area contributed by atoms with Crippen LogP contribution in [-0.2, 0) is 0 Å². The van der Waals surface area contributed by atoms with Gasteiger partial charge in [0.05, 0.1) is 7.11 Å². The zero-order valence-corrected chi connectivity index (χ0v) is 15.9. The monoisotopic (exact) mass is 370 g/mol. The highest BCUT2D eigenvalue weighted by atomic mass is 16.5. The molecule has 0 radical (unpaired) electrons. The molecule has 0 atom stereocenters. The molecule has 0 unspecified atom stereocenters. The van der Waals surface area contributed by atoms with Crippen LogP contribution in [-0.4, -0.2) is 54.1 Å². The van der Waals surface area contributed by atoms with E-state index in [0.29, 0.717) is 24.5 Å². The molecule has 8 nitrogen and oxygen atoms in total. The number of ether oxygens (including phenoxy) is 1. The van der Waals surface area contributed by atoms with Gasteiger partial charge in [-0.2, -0.15) is 0 Å².